The van der Waals surface area contributed by atoms with Gasteiger partial charge < -0.3 is 0 Å². The summed E-state index contributed by atoms with van der Waals surface area (Å²) in [6.07, 6.45) is 2.93. The number of carbonyl (C=O) groups is 1. The number of hydrogen-bond donors (Lipinski definition) is 1. The maximum Gasteiger partial charge on any atom is 0.239 e. The lowest BCUT2D eigenvalue weighted by atomic mass is 9.94. The maximum atomic E-state index is 11.8. The zero-order valence-electron chi connectivity index (χ0n) is 12.7. The van der Waals surface area contributed by atoms with E-state index in [9.17, 15) is 13.2 Å². The summed E-state index contributed by atoms with van der Waals surface area (Å²) in [4.78, 5) is 11.7. The van der Waals surface area contributed by atoms with E-state index in [4.69, 9.17) is 0 Å². The standard InChI is InChI=1S/C14H27NO3S/c1-7-12(8-2)9-11(3)10-13(16)15-19(17,18)14(4,5)6/h12H,3,7-10H2,1-2,4-6H3,(H,15,16). The van der Waals surface area contributed by atoms with Crippen LogP contribution in [0.1, 0.15) is 60.3 Å². The van der Waals surface area contributed by atoms with Gasteiger partial charge in [-0.25, -0.2) is 8.42 Å². The molecule has 0 saturated carbocycles. The van der Waals surface area contributed by atoms with Gasteiger partial charge in [0.15, 0.2) is 0 Å². The van der Waals surface area contributed by atoms with Gasteiger partial charge in [0, 0.05) is 6.42 Å². The number of hydrogen-bond acceptors (Lipinski definition) is 3. The molecule has 0 aromatic heterocycles. The second kappa shape index (κ2) is 7.08. The molecule has 1 N–H and O–H groups in total. The summed E-state index contributed by atoms with van der Waals surface area (Å²) in [5.74, 6) is 0.0189. The van der Waals surface area contributed by atoms with Crippen LogP contribution in [0.3, 0.4) is 0 Å². The first-order valence-electron chi connectivity index (χ1n) is 6.75. The SMILES string of the molecule is C=C(CC(=O)NS(=O)(=O)C(C)(C)C)CC(CC)CC. The Morgan fingerprint density at radius 3 is 2.05 bits per heavy atom. The van der Waals surface area contributed by atoms with Crippen molar-refractivity contribution in [2.45, 2.75) is 65.0 Å². The molecular formula is C14H27NO3S. The first-order chi connectivity index (χ1) is 8.53. The van der Waals surface area contributed by atoms with Gasteiger partial charge in [-0.3, -0.25) is 9.52 Å². The van der Waals surface area contributed by atoms with Crippen molar-refractivity contribution >= 4 is 15.9 Å². The lowest BCUT2D eigenvalue weighted by molar-refractivity contribution is -0.118. The fourth-order valence-electron chi connectivity index (χ4n) is 1.62. The molecule has 4 nitrogen and oxygen atoms in total. The van der Waals surface area contributed by atoms with E-state index in [2.05, 4.69) is 25.1 Å². The Morgan fingerprint density at radius 2 is 1.68 bits per heavy atom. The second-order valence-electron chi connectivity index (χ2n) is 5.95. The van der Waals surface area contributed by atoms with Crippen LogP contribution in [0.15, 0.2) is 12.2 Å². The highest BCUT2D eigenvalue weighted by Crippen LogP contribution is 2.20. The van der Waals surface area contributed by atoms with Gasteiger partial charge in [-0.2, -0.15) is 0 Å². The number of sulfonamides is 1. The van der Waals surface area contributed by atoms with Gasteiger partial charge >= 0.3 is 0 Å². The Bertz CT molecular complexity index is 414. The van der Waals surface area contributed by atoms with Gasteiger partial charge in [-0.15, -0.1) is 0 Å². The molecule has 0 aromatic carbocycles. The van der Waals surface area contributed by atoms with Crippen molar-refractivity contribution < 1.29 is 13.2 Å². The van der Waals surface area contributed by atoms with Crippen LogP contribution in [-0.2, 0) is 14.8 Å². The van der Waals surface area contributed by atoms with E-state index in [1.165, 1.54) is 0 Å². The van der Waals surface area contributed by atoms with Crippen LogP contribution in [-0.4, -0.2) is 19.1 Å². The minimum Gasteiger partial charge on any atom is -0.274 e. The summed E-state index contributed by atoms with van der Waals surface area (Å²) >= 11 is 0. The monoisotopic (exact) mass is 289 g/mol. The van der Waals surface area contributed by atoms with Crippen LogP contribution in [0.25, 0.3) is 0 Å². The van der Waals surface area contributed by atoms with Crippen LogP contribution < -0.4 is 4.72 Å². The fraction of sp³-hybridized carbons (Fsp3) is 0.786. The third-order valence-electron chi connectivity index (χ3n) is 3.20. The van der Waals surface area contributed by atoms with Crippen LogP contribution in [0.5, 0.6) is 0 Å². The molecule has 1 amide bonds. The normalized spacial score (nSPS) is 12.5. The Hall–Kier alpha value is -0.840. The molecule has 5 heteroatoms. The molecular weight excluding hydrogens is 262 g/mol. The van der Waals surface area contributed by atoms with E-state index in [0.29, 0.717) is 5.92 Å². The van der Waals surface area contributed by atoms with Crippen molar-refractivity contribution in [3.8, 4) is 0 Å². The van der Waals surface area contributed by atoms with E-state index in [1.54, 1.807) is 20.8 Å². The molecule has 0 aliphatic carbocycles. The van der Waals surface area contributed by atoms with Gasteiger partial charge in [0.25, 0.3) is 0 Å². The summed E-state index contributed by atoms with van der Waals surface area (Å²) in [6, 6.07) is 0. The molecule has 0 fully saturated rings. The van der Waals surface area contributed by atoms with Crippen molar-refractivity contribution in [1.29, 1.82) is 0 Å². The van der Waals surface area contributed by atoms with Crippen molar-refractivity contribution in [3.05, 3.63) is 12.2 Å². The molecule has 0 bridgehead atoms. The zero-order valence-corrected chi connectivity index (χ0v) is 13.6. The van der Waals surface area contributed by atoms with Crippen molar-refractivity contribution in [2.75, 3.05) is 0 Å². The minimum absolute atomic E-state index is 0.0752. The molecule has 0 radical (unpaired) electrons. The predicted molar refractivity (Wildman–Crippen MR) is 79.3 cm³/mol. The number of nitrogens with one attached hydrogen (secondary N) is 1. The Morgan fingerprint density at radius 1 is 1.21 bits per heavy atom. The summed E-state index contributed by atoms with van der Waals surface area (Å²) in [7, 11) is -3.62. The molecule has 0 atom stereocenters. The molecule has 0 rings (SSSR count). The topological polar surface area (TPSA) is 63.2 Å². The molecule has 0 spiro atoms. The highest BCUT2D eigenvalue weighted by atomic mass is 32.2. The molecule has 0 aliphatic heterocycles. The fourth-order valence-corrected chi connectivity index (χ4v) is 2.30. The average Bonchev–Trinajstić information content (AvgIpc) is 2.23. The quantitative estimate of drug-likeness (QED) is 0.733. The summed E-state index contributed by atoms with van der Waals surface area (Å²) in [5.41, 5.74) is 0.787. The summed E-state index contributed by atoms with van der Waals surface area (Å²) < 4.78 is 24.8. The summed E-state index contributed by atoms with van der Waals surface area (Å²) in [5, 5.41) is 0. The van der Waals surface area contributed by atoms with E-state index in [0.717, 1.165) is 24.8 Å². The average molecular weight is 289 g/mol. The largest absolute Gasteiger partial charge is 0.274 e. The number of carbonyl (C=O) groups excluding carboxylic acids is 1. The van der Waals surface area contributed by atoms with Crippen LogP contribution in [0.4, 0.5) is 0 Å². The van der Waals surface area contributed by atoms with Gasteiger partial charge in [0.2, 0.25) is 15.9 Å². The first kappa shape index (κ1) is 18.2. The summed E-state index contributed by atoms with van der Waals surface area (Å²) in [6.45, 7) is 12.7. The molecule has 0 aromatic rings. The van der Waals surface area contributed by atoms with Crippen molar-refractivity contribution in [1.82, 2.24) is 4.72 Å². The van der Waals surface area contributed by atoms with E-state index in [-0.39, 0.29) is 6.42 Å². The third kappa shape index (κ3) is 6.23. The number of rotatable bonds is 7. The van der Waals surface area contributed by atoms with E-state index in [1.807, 2.05) is 0 Å². The van der Waals surface area contributed by atoms with Crippen LogP contribution in [0.2, 0.25) is 0 Å². The molecule has 112 valence electrons. The lowest BCUT2D eigenvalue weighted by Crippen LogP contribution is -2.42. The minimum atomic E-state index is -3.62. The van der Waals surface area contributed by atoms with E-state index >= 15 is 0 Å². The van der Waals surface area contributed by atoms with Gasteiger partial charge in [-0.1, -0.05) is 38.8 Å². The highest BCUT2D eigenvalue weighted by molar-refractivity contribution is 7.91. The lowest BCUT2D eigenvalue weighted by Gasteiger charge is -2.20. The Kier molecular flexibility index (Phi) is 6.77. The number of amides is 1. The van der Waals surface area contributed by atoms with Crippen molar-refractivity contribution in [3.63, 3.8) is 0 Å². The van der Waals surface area contributed by atoms with Gasteiger partial charge in [0.05, 0.1) is 4.75 Å². The highest BCUT2D eigenvalue weighted by Gasteiger charge is 2.30. The molecule has 0 saturated heterocycles. The molecule has 0 unspecified atom stereocenters. The Labute approximate surface area is 117 Å². The van der Waals surface area contributed by atoms with Gasteiger partial charge in [-0.05, 0) is 33.1 Å². The second-order valence-corrected chi connectivity index (χ2v) is 8.39. The van der Waals surface area contributed by atoms with Crippen LogP contribution >= 0.6 is 0 Å². The van der Waals surface area contributed by atoms with Gasteiger partial charge in [0.1, 0.15) is 0 Å². The zero-order chi connectivity index (χ0) is 15.3. The van der Waals surface area contributed by atoms with Crippen molar-refractivity contribution in [2.24, 2.45) is 5.92 Å². The third-order valence-corrected chi connectivity index (χ3v) is 5.31. The van der Waals surface area contributed by atoms with E-state index < -0.39 is 20.7 Å². The maximum absolute atomic E-state index is 11.8. The molecule has 19 heavy (non-hydrogen) atoms. The molecule has 0 aliphatic rings. The smallest absolute Gasteiger partial charge is 0.239 e. The van der Waals surface area contributed by atoms with Crippen LogP contribution in [0, 0.1) is 5.92 Å². The Balaban J connectivity index is 4.45. The molecule has 0 heterocycles. The first-order valence-corrected chi connectivity index (χ1v) is 8.23. The predicted octanol–water partition coefficient (Wildman–Crippen LogP) is 3.00.